The highest BCUT2D eigenvalue weighted by molar-refractivity contribution is 5.79. The first kappa shape index (κ1) is 8.11. The highest BCUT2D eigenvalue weighted by atomic mass is 16.4. The second-order valence-electron chi connectivity index (χ2n) is 3.05. The first-order valence-corrected chi connectivity index (χ1v) is 3.83. The Kier molecular flexibility index (Phi) is 2.52. The Hall–Kier alpha value is -0.990. The van der Waals surface area contributed by atoms with Crippen LogP contribution in [0, 0.1) is 11.8 Å². The van der Waals surface area contributed by atoms with E-state index in [0.717, 1.165) is 24.5 Å². The van der Waals surface area contributed by atoms with Crippen LogP contribution in [0.1, 0.15) is 13.3 Å². The molecule has 2 atom stereocenters. The van der Waals surface area contributed by atoms with Crippen LogP contribution >= 0.6 is 0 Å². The Morgan fingerprint density at radius 3 is 2.91 bits per heavy atom. The minimum Gasteiger partial charge on any atom is -0.478 e. The fourth-order valence-corrected chi connectivity index (χ4v) is 1.03. The first-order valence-electron chi connectivity index (χ1n) is 3.83. The van der Waals surface area contributed by atoms with Gasteiger partial charge in [-0.1, -0.05) is 6.92 Å². The fraction of sp³-hybridized carbons (Fsp3) is 0.625. The Balaban J connectivity index is 2.00. The standard InChI is InChI=1S/C8H13NO2/c1-6-4-7(6)5-9-3-2-8(10)11/h2-3,6-7,9H,4-5H2,1H3,(H,10,11)/b3-2+. The molecule has 1 saturated carbocycles. The van der Waals surface area contributed by atoms with Crippen molar-refractivity contribution in [2.75, 3.05) is 6.54 Å². The van der Waals surface area contributed by atoms with E-state index in [-0.39, 0.29) is 0 Å². The van der Waals surface area contributed by atoms with E-state index in [4.69, 9.17) is 5.11 Å². The molecule has 0 spiro atoms. The third-order valence-electron chi connectivity index (χ3n) is 2.00. The largest absolute Gasteiger partial charge is 0.478 e. The molecule has 3 nitrogen and oxygen atoms in total. The van der Waals surface area contributed by atoms with E-state index in [1.807, 2.05) is 0 Å². The molecular formula is C8H13NO2. The summed E-state index contributed by atoms with van der Waals surface area (Å²) < 4.78 is 0. The predicted molar refractivity (Wildman–Crippen MR) is 42.0 cm³/mol. The SMILES string of the molecule is CC1CC1CN/C=C/C(=O)O. The van der Waals surface area contributed by atoms with Crippen molar-refractivity contribution in [2.24, 2.45) is 11.8 Å². The van der Waals surface area contributed by atoms with Crippen LogP contribution in [-0.4, -0.2) is 17.6 Å². The third kappa shape index (κ3) is 3.07. The summed E-state index contributed by atoms with van der Waals surface area (Å²) in [7, 11) is 0. The molecule has 0 bridgehead atoms. The van der Waals surface area contributed by atoms with Crippen molar-refractivity contribution < 1.29 is 9.90 Å². The van der Waals surface area contributed by atoms with E-state index in [2.05, 4.69) is 12.2 Å². The number of hydrogen-bond donors (Lipinski definition) is 2. The van der Waals surface area contributed by atoms with Gasteiger partial charge < -0.3 is 10.4 Å². The monoisotopic (exact) mass is 155 g/mol. The minimum atomic E-state index is -0.902. The lowest BCUT2D eigenvalue weighted by Crippen LogP contribution is -2.10. The Morgan fingerprint density at radius 2 is 2.45 bits per heavy atom. The quantitative estimate of drug-likeness (QED) is 0.591. The Labute approximate surface area is 66.1 Å². The smallest absolute Gasteiger partial charge is 0.329 e. The van der Waals surface area contributed by atoms with E-state index >= 15 is 0 Å². The van der Waals surface area contributed by atoms with Gasteiger partial charge in [0, 0.05) is 18.8 Å². The van der Waals surface area contributed by atoms with Gasteiger partial charge in [0.2, 0.25) is 0 Å². The van der Waals surface area contributed by atoms with E-state index in [0.29, 0.717) is 0 Å². The Morgan fingerprint density at radius 1 is 1.82 bits per heavy atom. The molecule has 1 aliphatic rings. The van der Waals surface area contributed by atoms with E-state index in [1.54, 1.807) is 0 Å². The maximum atomic E-state index is 10.00. The molecule has 0 radical (unpaired) electrons. The number of rotatable bonds is 4. The van der Waals surface area contributed by atoms with E-state index < -0.39 is 5.97 Å². The zero-order chi connectivity index (χ0) is 8.27. The molecule has 0 aliphatic heterocycles. The van der Waals surface area contributed by atoms with Gasteiger partial charge >= 0.3 is 5.97 Å². The summed E-state index contributed by atoms with van der Waals surface area (Å²) in [6, 6.07) is 0. The molecule has 3 heteroatoms. The van der Waals surface area contributed by atoms with Crippen molar-refractivity contribution in [1.82, 2.24) is 5.32 Å². The maximum absolute atomic E-state index is 10.00. The highest BCUT2D eigenvalue weighted by Crippen LogP contribution is 2.36. The van der Waals surface area contributed by atoms with Crippen molar-refractivity contribution in [1.29, 1.82) is 0 Å². The van der Waals surface area contributed by atoms with Crippen LogP contribution in [0.2, 0.25) is 0 Å². The molecule has 0 amide bonds. The number of aliphatic carboxylic acids is 1. The molecule has 0 heterocycles. The van der Waals surface area contributed by atoms with Gasteiger partial charge in [0.05, 0.1) is 0 Å². The number of carbonyl (C=O) groups is 1. The van der Waals surface area contributed by atoms with Crippen molar-refractivity contribution >= 4 is 5.97 Å². The summed E-state index contributed by atoms with van der Waals surface area (Å²) in [5.41, 5.74) is 0. The maximum Gasteiger partial charge on any atom is 0.329 e. The van der Waals surface area contributed by atoms with Gasteiger partial charge in [-0.2, -0.15) is 0 Å². The second kappa shape index (κ2) is 3.42. The van der Waals surface area contributed by atoms with Gasteiger partial charge in [0.1, 0.15) is 0 Å². The van der Waals surface area contributed by atoms with Crippen LogP contribution in [0.5, 0.6) is 0 Å². The normalized spacial score (nSPS) is 28.8. The van der Waals surface area contributed by atoms with Crippen LogP contribution in [0.15, 0.2) is 12.3 Å². The summed E-state index contributed by atoms with van der Waals surface area (Å²) in [5, 5.41) is 11.2. The summed E-state index contributed by atoms with van der Waals surface area (Å²) in [6.45, 7) is 3.11. The van der Waals surface area contributed by atoms with Crippen molar-refractivity contribution in [3.63, 3.8) is 0 Å². The van der Waals surface area contributed by atoms with Crippen molar-refractivity contribution in [2.45, 2.75) is 13.3 Å². The van der Waals surface area contributed by atoms with Crippen LogP contribution in [0.25, 0.3) is 0 Å². The molecule has 1 aliphatic carbocycles. The summed E-state index contributed by atoms with van der Waals surface area (Å²) in [6.07, 6.45) is 3.88. The molecule has 1 fully saturated rings. The lowest BCUT2D eigenvalue weighted by atomic mass is 10.3. The fourth-order valence-electron chi connectivity index (χ4n) is 1.03. The highest BCUT2D eigenvalue weighted by Gasteiger charge is 2.31. The van der Waals surface area contributed by atoms with Gasteiger partial charge in [-0.3, -0.25) is 0 Å². The molecule has 2 unspecified atom stereocenters. The van der Waals surface area contributed by atoms with Gasteiger partial charge in [-0.05, 0) is 18.3 Å². The van der Waals surface area contributed by atoms with Gasteiger partial charge in [-0.25, -0.2) is 4.79 Å². The van der Waals surface area contributed by atoms with Crippen molar-refractivity contribution in [3.05, 3.63) is 12.3 Å². The molecular weight excluding hydrogens is 142 g/mol. The molecule has 0 aromatic heterocycles. The van der Waals surface area contributed by atoms with Gasteiger partial charge in [0.25, 0.3) is 0 Å². The average molecular weight is 155 g/mol. The van der Waals surface area contributed by atoms with Gasteiger partial charge in [0.15, 0.2) is 0 Å². The third-order valence-corrected chi connectivity index (χ3v) is 2.00. The van der Waals surface area contributed by atoms with Crippen LogP contribution in [0.4, 0.5) is 0 Å². The molecule has 1 rings (SSSR count). The molecule has 0 saturated heterocycles. The average Bonchev–Trinajstić information content (AvgIpc) is 2.59. The zero-order valence-electron chi connectivity index (χ0n) is 6.58. The molecule has 0 aromatic carbocycles. The zero-order valence-corrected chi connectivity index (χ0v) is 6.58. The molecule has 11 heavy (non-hydrogen) atoms. The second-order valence-corrected chi connectivity index (χ2v) is 3.05. The summed E-state index contributed by atoms with van der Waals surface area (Å²) in [5.74, 6) is 0.676. The van der Waals surface area contributed by atoms with Crippen LogP contribution < -0.4 is 5.32 Å². The van der Waals surface area contributed by atoms with Crippen LogP contribution in [0.3, 0.4) is 0 Å². The van der Waals surface area contributed by atoms with E-state index in [1.165, 1.54) is 12.6 Å². The number of hydrogen-bond acceptors (Lipinski definition) is 2. The number of carboxylic acids is 1. The predicted octanol–water partition coefficient (Wildman–Crippen LogP) is 0.830. The molecule has 0 aromatic rings. The Bertz CT molecular complexity index is 177. The van der Waals surface area contributed by atoms with Crippen molar-refractivity contribution in [3.8, 4) is 0 Å². The molecule has 62 valence electrons. The van der Waals surface area contributed by atoms with Crippen LogP contribution in [-0.2, 0) is 4.79 Å². The minimum absolute atomic E-state index is 0.758. The summed E-state index contributed by atoms with van der Waals surface area (Å²) in [4.78, 5) is 10.00. The number of nitrogens with one attached hydrogen (secondary N) is 1. The van der Waals surface area contributed by atoms with Gasteiger partial charge in [-0.15, -0.1) is 0 Å². The topological polar surface area (TPSA) is 49.3 Å². The van der Waals surface area contributed by atoms with E-state index in [9.17, 15) is 4.79 Å². The lowest BCUT2D eigenvalue weighted by molar-refractivity contribution is -0.131. The first-order chi connectivity index (χ1) is 5.20. The molecule has 2 N–H and O–H groups in total. The number of carboxylic acid groups (broad SMARTS) is 1. The lowest BCUT2D eigenvalue weighted by Gasteiger charge is -1.95. The summed E-state index contributed by atoms with van der Waals surface area (Å²) >= 11 is 0.